The number of carbonyl (C=O) groups is 1. The number of carbonyl (C=O) groups excluding carboxylic acids is 1. The highest BCUT2D eigenvalue weighted by Gasteiger charge is 2.23. The van der Waals surface area contributed by atoms with Crippen molar-refractivity contribution in [3.63, 3.8) is 0 Å². The van der Waals surface area contributed by atoms with Crippen LogP contribution >= 0.6 is 24.0 Å². The molecule has 1 amide bonds. The van der Waals surface area contributed by atoms with Gasteiger partial charge in [-0.25, -0.2) is 0 Å². The third-order valence-electron chi connectivity index (χ3n) is 4.97. The van der Waals surface area contributed by atoms with E-state index in [-0.39, 0.29) is 36.5 Å². The van der Waals surface area contributed by atoms with Gasteiger partial charge in [0.2, 0.25) is 0 Å². The van der Waals surface area contributed by atoms with Gasteiger partial charge in [0.25, 0.3) is 5.91 Å². The van der Waals surface area contributed by atoms with Crippen molar-refractivity contribution in [1.82, 2.24) is 15.5 Å². The van der Waals surface area contributed by atoms with Gasteiger partial charge in [0.1, 0.15) is 5.75 Å². The Morgan fingerprint density at radius 1 is 1.23 bits per heavy atom. The molecule has 9 heteroatoms. The first-order valence-corrected chi connectivity index (χ1v) is 10.5. The van der Waals surface area contributed by atoms with Crippen molar-refractivity contribution in [1.29, 1.82) is 0 Å². The van der Waals surface area contributed by atoms with Crippen molar-refractivity contribution >= 4 is 35.8 Å². The maximum Gasteiger partial charge on any atom is 0.258 e. The predicted octanol–water partition coefficient (Wildman–Crippen LogP) is 1.13. The van der Waals surface area contributed by atoms with E-state index >= 15 is 0 Å². The van der Waals surface area contributed by atoms with E-state index in [0.717, 1.165) is 71.6 Å². The number of halogens is 1. The number of amides is 1. The van der Waals surface area contributed by atoms with Crippen molar-refractivity contribution in [3.8, 4) is 5.75 Å². The molecule has 1 heterocycles. The van der Waals surface area contributed by atoms with Crippen LogP contribution in [0.5, 0.6) is 5.75 Å². The zero-order valence-corrected chi connectivity index (χ0v) is 19.8. The molecule has 1 aromatic carbocycles. The Balaban J connectivity index is 0.00000320. The number of ether oxygens (including phenoxy) is 2. The zero-order valence-electron chi connectivity index (χ0n) is 17.5. The van der Waals surface area contributed by atoms with Crippen LogP contribution < -0.4 is 21.1 Å². The second-order valence-electron chi connectivity index (χ2n) is 7.53. The lowest BCUT2D eigenvalue weighted by Gasteiger charge is -2.26. The molecule has 1 aliphatic heterocycles. The Bertz CT molecular complexity index is 661. The SMILES string of the molecule is I.NC(=NCCCN1CCOCC1)NCCc1ccc(OCC(=O)NC2CC2)cc1. The van der Waals surface area contributed by atoms with Gasteiger partial charge in [-0.15, -0.1) is 24.0 Å². The first-order valence-electron chi connectivity index (χ1n) is 10.5. The Morgan fingerprint density at radius 2 is 1.97 bits per heavy atom. The molecule has 2 aliphatic rings. The largest absolute Gasteiger partial charge is 0.484 e. The van der Waals surface area contributed by atoms with Crippen molar-refractivity contribution in [2.45, 2.75) is 31.7 Å². The van der Waals surface area contributed by atoms with Crippen LogP contribution in [0.2, 0.25) is 0 Å². The Kier molecular flexibility index (Phi) is 11.2. The smallest absolute Gasteiger partial charge is 0.258 e. The summed E-state index contributed by atoms with van der Waals surface area (Å²) < 4.78 is 10.9. The number of guanidine groups is 1. The summed E-state index contributed by atoms with van der Waals surface area (Å²) in [6, 6.07) is 8.16. The van der Waals surface area contributed by atoms with Gasteiger partial charge in [0.05, 0.1) is 13.2 Å². The summed E-state index contributed by atoms with van der Waals surface area (Å²) in [4.78, 5) is 18.4. The fraction of sp³-hybridized carbons (Fsp3) is 0.619. The summed E-state index contributed by atoms with van der Waals surface area (Å²) in [5, 5.41) is 6.06. The minimum atomic E-state index is -0.0551. The molecule has 2 fully saturated rings. The summed E-state index contributed by atoms with van der Waals surface area (Å²) in [6.45, 7) is 6.24. The molecule has 1 saturated heterocycles. The van der Waals surface area contributed by atoms with Crippen LogP contribution in [0.1, 0.15) is 24.8 Å². The third-order valence-corrected chi connectivity index (χ3v) is 4.97. The highest BCUT2D eigenvalue weighted by molar-refractivity contribution is 14.0. The lowest BCUT2D eigenvalue weighted by molar-refractivity contribution is -0.123. The lowest BCUT2D eigenvalue weighted by atomic mass is 10.1. The fourth-order valence-corrected chi connectivity index (χ4v) is 3.11. The van der Waals surface area contributed by atoms with Crippen LogP contribution in [-0.4, -0.2) is 75.4 Å². The Hall–Kier alpha value is -1.59. The molecule has 4 N–H and O–H groups in total. The van der Waals surface area contributed by atoms with E-state index in [0.29, 0.717) is 17.8 Å². The fourth-order valence-electron chi connectivity index (χ4n) is 3.11. The second-order valence-corrected chi connectivity index (χ2v) is 7.53. The van der Waals surface area contributed by atoms with Gasteiger partial charge in [-0.05, 0) is 43.4 Å². The number of hydrogen-bond donors (Lipinski definition) is 3. The van der Waals surface area contributed by atoms with Gasteiger partial charge in [0, 0.05) is 38.8 Å². The summed E-state index contributed by atoms with van der Waals surface area (Å²) in [6.07, 6.45) is 4.01. The minimum absolute atomic E-state index is 0. The molecule has 8 nitrogen and oxygen atoms in total. The van der Waals surface area contributed by atoms with E-state index in [1.807, 2.05) is 24.3 Å². The number of nitrogens with zero attached hydrogens (tertiary/aromatic N) is 2. The van der Waals surface area contributed by atoms with Crippen LogP contribution in [0, 0.1) is 0 Å². The summed E-state index contributed by atoms with van der Waals surface area (Å²) in [7, 11) is 0. The molecular formula is C21H34IN5O3. The molecule has 1 aromatic rings. The van der Waals surface area contributed by atoms with Gasteiger partial charge in [-0.2, -0.15) is 0 Å². The molecule has 1 saturated carbocycles. The van der Waals surface area contributed by atoms with Crippen LogP contribution in [0.3, 0.4) is 0 Å². The quantitative estimate of drug-likeness (QED) is 0.171. The predicted molar refractivity (Wildman–Crippen MR) is 129 cm³/mol. The molecule has 0 bridgehead atoms. The van der Waals surface area contributed by atoms with E-state index in [1.165, 1.54) is 5.56 Å². The summed E-state index contributed by atoms with van der Waals surface area (Å²) in [5.41, 5.74) is 7.11. The second kappa shape index (κ2) is 13.7. The molecule has 1 aliphatic carbocycles. The van der Waals surface area contributed by atoms with Crippen LogP contribution in [0.15, 0.2) is 29.3 Å². The van der Waals surface area contributed by atoms with Crippen LogP contribution in [-0.2, 0) is 16.0 Å². The normalized spacial score (nSPS) is 17.1. The van der Waals surface area contributed by atoms with E-state index in [1.54, 1.807) is 0 Å². The van der Waals surface area contributed by atoms with E-state index in [9.17, 15) is 4.79 Å². The van der Waals surface area contributed by atoms with Gasteiger partial charge in [0.15, 0.2) is 12.6 Å². The summed E-state index contributed by atoms with van der Waals surface area (Å²) >= 11 is 0. The van der Waals surface area contributed by atoms with E-state index < -0.39 is 0 Å². The number of morpholine rings is 1. The maximum absolute atomic E-state index is 11.6. The van der Waals surface area contributed by atoms with Crippen LogP contribution in [0.25, 0.3) is 0 Å². The molecule has 0 aromatic heterocycles. The molecule has 0 radical (unpaired) electrons. The standard InChI is InChI=1S/C21H33N5O3.HI/c22-21(23-9-1-11-26-12-14-28-15-13-26)24-10-8-17-2-6-19(7-3-17)29-16-20(27)25-18-4-5-18;/h2-3,6-7,18H,1,4-5,8-16H2,(H,25,27)(H3,22,23,24);1H. The molecule has 0 atom stereocenters. The van der Waals surface area contributed by atoms with Crippen molar-refractivity contribution in [2.75, 3.05) is 52.5 Å². The number of nitrogens with one attached hydrogen (secondary N) is 2. The topological polar surface area (TPSA) is 101 Å². The van der Waals surface area contributed by atoms with Crippen molar-refractivity contribution in [3.05, 3.63) is 29.8 Å². The highest BCUT2D eigenvalue weighted by Crippen LogP contribution is 2.18. The number of hydrogen-bond acceptors (Lipinski definition) is 5. The third kappa shape index (κ3) is 9.94. The molecule has 30 heavy (non-hydrogen) atoms. The Morgan fingerprint density at radius 3 is 2.67 bits per heavy atom. The van der Waals surface area contributed by atoms with Crippen molar-refractivity contribution < 1.29 is 14.3 Å². The first kappa shape index (κ1) is 24.7. The molecular weight excluding hydrogens is 497 g/mol. The van der Waals surface area contributed by atoms with Gasteiger partial charge < -0.3 is 25.8 Å². The van der Waals surface area contributed by atoms with Crippen molar-refractivity contribution in [2.24, 2.45) is 10.7 Å². The molecule has 0 unspecified atom stereocenters. The summed E-state index contributed by atoms with van der Waals surface area (Å²) in [5.74, 6) is 1.14. The molecule has 3 rings (SSSR count). The maximum atomic E-state index is 11.6. The number of benzene rings is 1. The van der Waals surface area contributed by atoms with Gasteiger partial charge in [-0.1, -0.05) is 12.1 Å². The van der Waals surface area contributed by atoms with E-state index in [2.05, 4.69) is 20.5 Å². The average Bonchev–Trinajstić information content (AvgIpc) is 3.55. The monoisotopic (exact) mass is 531 g/mol. The Labute approximate surface area is 196 Å². The van der Waals surface area contributed by atoms with Gasteiger partial charge in [-0.3, -0.25) is 14.7 Å². The lowest BCUT2D eigenvalue weighted by Crippen LogP contribution is -2.37. The average molecular weight is 531 g/mol. The number of aliphatic imine (C=N–C) groups is 1. The molecule has 168 valence electrons. The van der Waals surface area contributed by atoms with Gasteiger partial charge >= 0.3 is 0 Å². The zero-order chi connectivity index (χ0) is 20.3. The first-order chi connectivity index (χ1) is 14.2. The van der Waals surface area contributed by atoms with E-state index in [4.69, 9.17) is 15.2 Å². The molecule has 0 spiro atoms. The van der Waals surface area contributed by atoms with Crippen LogP contribution in [0.4, 0.5) is 0 Å². The highest BCUT2D eigenvalue weighted by atomic mass is 127. The number of rotatable bonds is 11. The minimum Gasteiger partial charge on any atom is -0.484 e. The number of nitrogens with two attached hydrogens (primary N) is 1.